The molecule has 1 atom stereocenters. The quantitative estimate of drug-likeness (QED) is 0.437. The topological polar surface area (TPSA) is 121 Å². The third-order valence-electron chi connectivity index (χ3n) is 6.12. The third kappa shape index (κ3) is 5.54. The van der Waals surface area contributed by atoms with Crippen LogP contribution < -0.4 is 20.1 Å². The lowest BCUT2D eigenvalue weighted by Crippen LogP contribution is -2.43. The molecule has 188 valence electrons. The Bertz CT molecular complexity index is 1350. The smallest absolute Gasteiger partial charge is 0.325 e. The van der Waals surface area contributed by atoms with Crippen LogP contribution >= 0.6 is 0 Å². The van der Waals surface area contributed by atoms with Gasteiger partial charge in [0.1, 0.15) is 18.7 Å². The van der Waals surface area contributed by atoms with Crippen LogP contribution in [-0.2, 0) is 28.3 Å². The van der Waals surface area contributed by atoms with Crippen molar-refractivity contribution in [3.8, 4) is 17.6 Å². The van der Waals surface area contributed by atoms with Gasteiger partial charge in [0, 0.05) is 6.54 Å². The maximum Gasteiger partial charge on any atom is 0.325 e. The first-order valence-corrected chi connectivity index (χ1v) is 11.6. The van der Waals surface area contributed by atoms with Gasteiger partial charge in [-0.1, -0.05) is 48.5 Å². The Morgan fingerprint density at radius 1 is 1.03 bits per heavy atom. The SMILES string of the molecule is COc1cc(CNC(=O)CN2C(=O)N[C@@](C)(c3ccc(C#N)cc3)C2=O)ccc1OCc1ccccc1. The molecule has 1 fully saturated rings. The molecule has 4 rings (SSSR count). The first-order valence-electron chi connectivity index (χ1n) is 11.6. The van der Waals surface area contributed by atoms with Crippen LogP contribution in [0, 0.1) is 11.3 Å². The molecule has 2 N–H and O–H groups in total. The molecular weight excluding hydrogens is 472 g/mol. The number of imide groups is 1. The lowest BCUT2D eigenvalue weighted by atomic mass is 9.91. The third-order valence-corrected chi connectivity index (χ3v) is 6.12. The molecule has 3 aromatic rings. The highest BCUT2D eigenvalue weighted by Gasteiger charge is 2.49. The summed E-state index contributed by atoms with van der Waals surface area (Å²) in [4.78, 5) is 39.1. The fraction of sp³-hybridized carbons (Fsp3) is 0.214. The highest BCUT2D eigenvalue weighted by atomic mass is 16.5. The summed E-state index contributed by atoms with van der Waals surface area (Å²) in [5.74, 6) is 0.0627. The van der Waals surface area contributed by atoms with Crippen molar-refractivity contribution in [1.29, 1.82) is 5.26 Å². The number of rotatable bonds is 9. The molecule has 37 heavy (non-hydrogen) atoms. The van der Waals surface area contributed by atoms with Gasteiger partial charge in [-0.3, -0.25) is 14.5 Å². The largest absolute Gasteiger partial charge is 0.493 e. The molecule has 3 aromatic carbocycles. The highest BCUT2D eigenvalue weighted by Crippen LogP contribution is 2.30. The van der Waals surface area contributed by atoms with Gasteiger partial charge in [-0.15, -0.1) is 0 Å². The summed E-state index contributed by atoms with van der Waals surface area (Å²) in [6.07, 6.45) is 0. The van der Waals surface area contributed by atoms with E-state index in [1.54, 1.807) is 49.4 Å². The predicted molar refractivity (Wildman–Crippen MR) is 134 cm³/mol. The number of methoxy groups -OCH3 is 1. The zero-order chi connectivity index (χ0) is 26.4. The molecule has 0 unspecified atom stereocenters. The molecule has 1 saturated heterocycles. The van der Waals surface area contributed by atoms with Crippen molar-refractivity contribution in [3.63, 3.8) is 0 Å². The van der Waals surface area contributed by atoms with E-state index in [1.165, 1.54) is 7.11 Å². The average Bonchev–Trinajstić information content (AvgIpc) is 3.15. The van der Waals surface area contributed by atoms with Crippen LogP contribution in [0.4, 0.5) is 4.79 Å². The van der Waals surface area contributed by atoms with Gasteiger partial charge in [0.15, 0.2) is 11.5 Å². The molecule has 0 bridgehead atoms. The molecule has 9 heteroatoms. The number of carbonyl (C=O) groups excluding carboxylic acids is 3. The zero-order valence-electron chi connectivity index (χ0n) is 20.5. The Morgan fingerprint density at radius 3 is 2.43 bits per heavy atom. The van der Waals surface area contributed by atoms with Gasteiger partial charge in [-0.2, -0.15) is 5.26 Å². The molecule has 9 nitrogen and oxygen atoms in total. The van der Waals surface area contributed by atoms with E-state index in [0.29, 0.717) is 29.2 Å². The van der Waals surface area contributed by atoms with E-state index in [4.69, 9.17) is 14.7 Å². The maximum absolute atomic E-state index is 13.1. The van der Waals surface area contributed by atoms with Gasteiger partial charge in [-0.25, -0.2) is 4.79 Å². The van der Waals surface area contributed by atoms with E-state index in [2.05, 4.69) is 10.6 Å². The Hall–Kier alpha value is -4.84. The minimum atomic E-state index is -1.33. The van der Waals surface area contributed by atoms with Crippen LogP contribution in [0.1, 0.15) is 29.2 Å². The van der Waals surface area contributed by atoms with E-state index < -0.39 is 29.9 Å². The number of urea groups is 1. The van der Waals surface area contributed by atoms with Crippen molar-refractivity contribution in [1.82, 2.24) is 15.5 Å². The summed E-state index contributed by atoms with van der Waals surface area (Å²) in [5.41, 5.74) is 1.42. The number of carbonyl (C=O) groups is 3. The number of nitrogens with one attached hydrogen (secondary N) is 2. The summed E-state index contributed by atoms with van der Waals surface area (Å²) >= 11 is 0. The monoisotopic (exact) mass is 498 g/mol. The second-order valence-electron chi connectivity index (χ2n) is 8.67. The number of amides is 4. The average molecular weight is 499 g/mol. The first-order chi connectivity index (χ1) is 17.8. The van der Waals surface area contributed by atoms with Crippen LogP contribution in [0.3, 0.4) is 0 Å². The van der Waals surface area contributed by atoms with Crippen LogP contribution in [0.15, 0.2) is 72.8 Å². The van der Waals surface area contributed by atoms with Crippen molar-refractivity contribution in [3.05, 3.63) is 95.1 Å². The Balaban J connectivity index is 1.35. The number of hydrogen-bond acceptors (Lipinski definition) is 6. The minimum absolute atomic E-state index is 0.171. The van der Waals surface area contributed by atoms with Crippen molar-refractivity contribution >= 4 is 17.8 Å². The van der Waals surface area contributed by atoms with E-state index in [9.17, 15) is 14.4 Å². The summed E-state index contributed by atoms with van der Waals surface area (Å²) in [5, 5.41) is 14.4. The lowest BCUT2D eigenvalue weighted by Gasteiger charge is -2.22. The molecule has 0 aromatic heterocycles. The summed E-state index contributed by atoms with van der Waals surface area (Å²) in [7, 11) is 1.54. The molecule has 4 amide bonds. The van der Waals surface area contributed by atoms with Crippen LogP contribution in [-0.4, -0.2) is 36.4 Å². The number of nitrogens with zero attached hydrogens (tertiary/aromatic N) is 2. The normalized spacial score (nSPS) is 16.6. The van der Waals surface area contributed by atoms with E-state index >= 15 is 0 Å². The Labute approximate surface area is 214 Å². The fourth-order valence-electron chi connectivity index (χ4n) is 3.99. The predicted octanol–water partition coefficient (Wildman–Crippen LogP) is 3.23. The second kappa shape index (κ2) is 10.8. The number of benzene rings is 3. The van der Waals surface area contributed by atoms with Gasteiger partial charge >= 0.3 is 6.03 Å². The van der Waals surface area contributed by atoms with Gasteiger partial charge in [0.2, 0.25) is 5.91 Å². The molecule has 1 heterocycles. The van der Waals surface area contributed by atoms with E-state index in [0.717, 1.165) is 16.0 Å². The second-order valence-corrected chi connectivity index (χ2v) is 8.67. The van der Waals surface area contributed by atoms with Gasteiger partial charge in [-0.05, 0) is 47.9 Å². The van der Waals surface area contributed by atoms with Gasteiger partial charge < -0.3 is 20.1 Å². The fourth-order valence-corrected chi connectivity index (χ4v) is 3.99. The summed E-state index contributed by atoms with van der Waals surface area (Å²) in [6, 6.07) is 22.8. The Kier molecular flexibility index (Phi) is 7.39. The van der Waals surface area contributed by atoms with Crippen LogP contribution in [0.25, 0.3) is 0 Å². The van der Waals surface area contributed by atoms with Gasteiger partial charge in [0.25, 0.3) is 5.91 Å². The van der Waals surface area contributed by atoms with Crippen LogP contribution in [0.5, 0.6) is 11.5 Å². The minimum Gasteiger partial charge on any atom is -0.493 e. The first kappa shape index (κ1) is 25.3. The van der Waals surface area contributed by atoms with Crippen molar-refractivity contribution in [2.24, 2.45) is 0 Å². The summed E-state index contributed by atoms with van der Waals surface area (Å²) in [6.45, 7) is 1.71. The summed E-state index contributed by atoms with van der Waals surface area (Å²) < 4.78 is 11.3. The van der Waals surface area contributed by atoms with Crippen molar-refractivity contribution in [2.75, 3.05) is 13.7 Å². The van der Waals surface area contributed by atoms with Crippen molar-refractivity contribution in [2.45, 2.75) is 25.6 Å². The number of hydrogen-bond donors (Lipinski definition) is 2. The Morgan fingerprint density at radius 2 is 1.76 bits per heavy atom. The van der Waals surface area contributed by atoms with Gasteiger partial charge in [0.05, 0.1) is 18.7 Å². The van der Waals surface area contributed by atoms with Crippen molar-refractivity contribution < 1.29 is 23.9 Å². The highest BCUT2D eigenvalue weighted by molar-refractivity contribution is 6.09. The van der Waals surface area contributed by atoms with E-state index in [-0.39, 0.29) is 6.54 Å². The molecule has 0 aliphatic carbocycles. The molecular formula is C28H26N4O5. The molecule has 0 spiro atoms. The van der Waals surface area contributed by atoms with E-state index in [1.807, 2.05) is 36.4 Å². The molecule has 1 aliphatic rings. The number of nitriles is 1. The molecule has 0 radical (unpaired) electrons. The maximum atomic E-state index is 13.1. The zero-order valence-corrected chi connectivity index (χ0v) is 20.5. The molecule has 1 aliphatic heterocycles. The van der Waals surface area contributed by atoms with Crippen LogP contribution in [0.2, 0.25) is 0 Å². The number of ether oxygens (including phenoxy) is 2. The lowest BCUT2D eigenvalue weighted by molar-refractivity contribution is -0.134. The standard InChI is InChI=1S/C28H26N4O5/c1-28(22-11-8-19(15-29)9-12-22)26(34)32(27(35)31-28)17-25(33)30-16-21-10-13-23(24(14-21)36-2)37-18-20-6-4-3-5-7-20/h3-14H,16-18H2,1-2H3,(H,30,33)(H,31,35)/t28-/m0/s1. The molecule has 0 saturated carbocycles.